The number of pyridine rings is 1. The summed E-state index contributed by atoms with van der Waals surface area (Å²) >= 11 is 3.37. The molecule has 0 radical (unpaired) electrons. The molecule has 19 heavy (non-hydrogen) atoms. The zero-order valence-corrected chi connectivity index (χ0v) is 13.1. The second-order valence-electron chi connectivity index (χ2n) is 5.44. The van der Waals surface area contributed by atoms with Gasteiger partial charge in [-0.1, -0.05) is 13.3 Å². The molecule has 1 aliphatic heterocycles. The Labute approximate surface area is 123 Å². The van der Waals surface area contributed by atoms with Crippen LogP contribution in [-0.4, -0.2) is 36.1 Å². The standard InChI is InChI=1S/C14H23BrN4/c1-11(10-19-5-3-2-4-6-19)8-17-14-13(16)7-12(15)9-18-14/h7,9,11H,2-6,8,10,16H2,1H3,(H,17,18). The molecule has 106 valence electrons. The summed E-state index contributed by atoms with van der Waals surface area (Å²) in [5.41, 5.74) is 6.62. The highest BCUT2D eigenvalue weighted by Gasteiger charge is 2.13. The highest BCUT2D eigenvalue weighted by molar-refractivity contribution is 9.10. The molecule has 5 heteroatoms. The highest BCUT2D eigenvalue weighted by Crippen LogP contribution is 2.20. The van der Waals surface area contributed by atoms with Crippen molar-refractivity contribution in [3.05, 3.63) is 16.7 Å². The minimum atomic E-state index is 0.600. The summed E-state index contributed by atoms with van der Waals surface area (Å²) in [5.74, 6) is 1.39. The number of nitrogens with two attached hydrogens (primary N) is 1. The van der Waals surface area contributed by atoms with Crippen molar-refractivity contribution in [2.24, 2.45) is 5.92 Å². The van der Waals surface area contributed by atoms with E-state index in [1.165, 1.54) is 32.4 Å². The van der Waals surface area contributed by atoms with E-state index in [1.807, 2.05) is 6.07 Å². The summed E-state index contributed by atoms with van der Waals surface area (Å²) < 4.78 is 0.914. The number of hydrogen-bond donors (Lipinski definition) is 2. The fraction of sp³-hybridized carbons (Fsp3) is 0.643. The van der Waals surface area contributed by atoms with Crippen molar-refractivity contribution in [2.45, 2.75) is 26.2 Å². The van der Waals surface area contributed by atoms with Gasteiger partial charge in [0.05, 0.1) is 5.69 Å². The van der Waals surface area contributed by atoms with Crippen LogP contribution in [0.1, 0.15) is 26.2 Å². The maximum atomic E-state index is 5.93. The van der Waals surface area contributed by atoms with Crippen molar-refractivity contribution < 1.29 is 0 Å². The molecule has 1 aliphatic rings. The minimum absolute atomic E-state index is 0.600. The van der Waals surface area contributed by atoms with Gasteiger partial charge in [-0.15, -0.1) is 0 Å². The van der Waals surface area contributed by atoms with Gasteiger partial charge in [0.15, 0.2) is 0 Å². The van der Waals surface area contributed by atoms with E-state index in [4.69, 9.17) is 5.73 Å². The average Bonchev–Trinajstić information content (AvgIpc) is 2.39. The Morgan fingerprint density at radius 1 is 1.42 bits per heavy atom. The van der Waals surface area contributed by atoms with E-state index in [-0.39, 0.29) is 0 Å². The van der Waals surface area contributed by atoms with E-state index >= 15 is 0 Å². The van der Waals surface area contributed by atoms with Crippen LogP contribution in [0.15, 0.2) is 16.7 Å². The summed E-state index contributed by atoms with van der Waals surface area (Å²) in [4.78, 5) is 6.86. The normalized spacial score (nSPS) is 18.2. The lowest BCUT2D eigenvalue weighted by Crippen LogP contribution is -2.35. The molecule has 1 saturated heterocycles. The molecule has 3 N–H and O–H groups in total. The third-order valence-corrected chi connectivity index (χ3v) is 3.95. The number of nitrogens with zero attached hydrogens (tertiary/aromatic N) is 2. The van der Waals surface area contributed by atoms with Gasteiger partial charge in [-0.2, -0.15) is 0 Å². The van der Waals surface area contributed by atoms with Gasteiger partial charge >= 0.3 is 0 Å². The monoisotopic (exact) mass is 326 g/mol. The lowest BCUT2D eigenvalue weighted by Gasteiger charge is -2.29. The first-order valence-corrected chi connectivity index (χ1v) is 7.81. The summed E-state index contributed by atoms with van der Waals surface area (Å²) in [6.07, 6.45) is 5.86. The average molecular weight is 327 g/mol. The van der Waals surface area contributed by atoms with Crippen molar-refractivity contribution in [2.75, 3.05) is 37.2 Å². The van der Waals surface area contributed by atoms with Gasteiger partial charge in [0.25, 0.3) is 0 Å². The van der Waals surface area contributed by atoms with Crippen LogP contribution >= 0.6 is 15.9 Å². The van der Waals surface area contributed by atoms with Crippen LogP contribution < -0.4 is 11.1 Å². The zero-order valence-electron chi connectivity index (χ0n) is 11.5. The smallest absolute Gasteiger partial charge is 0.149 e. The van der Waals surface area contributed by atoms with E-state index < -0.39 is 0 Å². The summed E-state index contributed by atoms with van der Waals surface area (Å²) in [7, 11) is 0. The van der Waals surface area contributed by atoms with E-state index in [1.54, 1.807) is 6.20 Å². The largest absolute Gasteiger partial charge is 0.396 e. The van der Waals surface area contributed by atoms with Gasteiger partial charge in [-0.3, -0.25) is 0 Å². The predicted octanol–water partition coefficient (Wildman–Crippen LogP) is 2.96. The maximum Gasteiger partial charge on any atom is 0.149 e. The minimum Gasteiger partial charge on any atom is -0.396 e. The lowest BCUT2D eigenvalue weighted by molar-refractivity contribution is 0.204. The molecule has 1 unspecified atom stereocenters. The Kier molecular flexibility index (Phi) is 5.45. The van der Waals surface area contributed by atoms with Gasteiger partial charge in [-0.05, 0) is 53.8 Å². The molecule has 0 bridgehead atoms. The second kappa shape index (κ2) is 7.10. The van der Waals surface area contributed by atoms with Gasteiger partial charge in [-0.25, -0.2) is 4.98 Å². The predicted molar refractivity (Wildman–Crippen MR) is 84.3 cm³/mol. The van der Waals surface area contributed by atoms with E-state index in [9.17, 15) is 0 Å². The topological polar surface area (TPSA) is 54.2 Å². The molecule has 0 aliphatic carbocycles. The molecule has 0 spiro atoms. The molecule has 0 amide bonds. The van der Waals surface area contributed by atoms with Crippen molar-refractivity contribution in [3.63, 3.8) is 0 Å². The molecule has 1 aromatic rings. The van der Waals surface area contributed by atoms with Gasteiger partial charge in [0.1, 0.15) is 5.82 Å². The molecular weight excluding hydrogens is 304 g/mol. The first-order valence-electron chi connectivity index (χ1n) is 7.02. The first-order chi connectivity index (χ1) is 9.15. The Hall–Kier alpha value is -0.810. The highest BCUT2D eigenvalue weighted by atomic mass is 79.9. The summed E-state index contributed by atoms with van der Waals surface area (Å²) in [6.45, 7) is 6.85. The van der Waals surface area contributed by atoms with Crippen molar-refractivity contribution >= 4 is 27.4 Å². The van der Waals surface area contributed by atoms with Crippen LogP contribution in [0.4, 0.5) is 11.5 Å². The Bertz CT molecular complexity index is 404. The molecule has 0 aromatic carbocycles. The number of piperidine rings is 1. The van der Waals surface area contributed by atoms with Crippen LogP contribution in [0.2, 0.25) is 0 Å². The van der Waals surface area contributed by atoms with Crippen molar-refractivity contribution in [1.29, 1.82) is 0 Å². The Morgan fingerprint density at radius 3 is 2.84 bits per heavy atom. The fourth-order valence-corrected chi connectivity index (χ4v) is 2.87. The van der Waals surface area contributed by atoms with E-state index in [0.717, 1.165) is 23.4 Å². The van der Waals surface area contributed by atoms with Crippen LogP contribution in [-0.2, 0) is 0 Å². The summed E-state index contributed by atoms with van der Waals surface area (Å²) in [5, 5.41) is 3.35. The first kappa shape index (κ1) is 14.6. The maximum absolute atomic E-state index is 5.93. The Morgan fingerprint density at radius 2 is 2.16 bits per heavy atom. The molecule has 1 aromatic heterocycles. The number of likely N-dealkylation sites (tertiary alicyclic amines) is 1. The SMILES string of the molecule is CC(CNc1ncc(Br)cc1N)CN1CCCCC1. The molecular formula is C14H23BrN4. The number of aromatic nitrogens is 1. The number of anilines is 2. The second-order valence-corrected chi connectivity index (χ2v) is 6.35. The lowest BCUT2D eigenvalue weighted by atomic mass is 10.1. The van der Waals surface area contributed by atoms with Gasteiger partial charge in [0.2, 0.25) is 0 Å². The van der Waals surface area contributed by atoms with Crippen LogP contribution in [0.3, 0.4) is 0 Å². The molecule has 2 heterocycles. The number of halogens is 1. The number of hydrogen-bond acceptors (Lipinski definition) is 4. The zero-order chi connectivity index (χ0) is 13.7. The molecule has 2 rings (SSSR count). The molecule has 1 fully saturated rings. The molecule has 0 saturated carbocycles. The third-order valence-electron chi connectivity index (χ3n) is 3.52. The number of rotatable bonds is 5. The van der Waals surface area contributed by atoms with Crippen LogP contribution in [0.5, 0.6) is 0 Å². The van der Waals surface area contributed by atoms with Crippen molar-refractivity contribution in [3.8, 4) is 0 Å². The molecule has 4 nitrogen and oxygen atoms in total. The van der Waals surface area contributed by atoms with Crippen molar-refractivity contribution in [1.82, 2.24) is 9.88 Å². The van der Waals surface area contributed by atoms with E-state index in [2.05, 4.69) is 38.1 Å². The summed E-state index contributed by atoms with van der Waals surface area (Å²) in [6, 6.07) is 1.88. The number of nitrogens with one attached hydrogen (secondary N) is 1. The number of nitrogen functional groups attached to an aromatic ring is 1. The quantitative estimate of drug-likeness (QED) is 0.873. The third kappa shape index (κ3) is 4.66. The Balaban J connectivity index is 1.77. The molecule has 1 atom stereocenters. The van der Waals surface area contributed by atoms with Crippen LogP contribution in [0, 0.1) is 5.92 Å². The van der Waals surface area contributed by atoms with E-state index in [0.29, 0.717) is 11.6 Å². The van der Waals surface area contributed by atoms with Gasteiger partial charge in [0, 0.05) is 23.8 Å². The van der Waals surface area contributed by atoms with Gasteiger partial charge < -0.3 is 16.0 Å². The van der Waals surface area contributed by atoms with Crippen LogP contribution in [0.25, 0.3) is 0 Å². The fourth-order valence-electron chi connectivity index (χ4n) is 2.52.